The van der Waals surface area contributed by atoms with Gasteiger partial charge in [-0.25, -0.2) is 4.90 Å². The van der Waals surface area contributed by atoms with E-state index < -0.39 is 19.0 Å². The van der Waals surface area contributed by atoms with Crippen LogP contribution in [-0.2, 0) is 14.2 Å². The first-order valence-corrected chi connectivity index (χ1v) is 10.2. The SMILES string of the molecule is O=C1C=CC(=O)N1c1cccc(P(=O)(c2ccccc2)c2ccccc2)c1. The Hall–Kier alpha value is -3.23. The summed E-state index contributed by atoms with van der Waals surface area (Å²) in [5, 5.41) is 1.97. The van der Waals surface area contributed by atoms with Crippen LogP contribution in [0.15, 0.2) is 97.1 Å². The van der Waals surface area contributed by atoms with E-state index in [9.17, 15) is 14.2 Å². The van der Waals surface area contributed by atoms with Gasteiger partial charge in [0.2, 0.25) is 0 Å². The zero-order valence-electron chi connectivity index (χ0n) is 14.4. The second-order valence-corrected chi connectivity index (χ2v) is 8.91. The smallest absolute Gasteiger partial charge is 0.258 e. The number of imide groups is 1. The number of rotatable bonds is 4. The fourth-order valence-corrected chi connectivity index (χ4v) is 5.89. The van der Waals surface area contributed by atoms with Crippen LogP contribution in [0.3, 0.4) is 0 Å². The molecule has 0 N–H and O–H groups in total. The molecule has 0 aliphatic carbocycles. The molecule has 5 heteroatoms. The number of anilines is 1. The van der Waals surface area contributed by atoms with Gasteiger partial charge in [-0.05, 0) is 12.1 Å². The monoisotopic (exact) mass is 373 g/mol. The molecule has 1 heterocycles. The van der Waals surface area contributed by atoms with Crippen molar-refractivity contribution in [3.8, 4) is 0 Å². The van der Waals surface area contributed by atoms with Crippen molar-refractivity contribution in [2.75, 3.05) is 4.90 Å². The number of hydrogen-bond donors (Lipinski definition) is 0. The van der Waals surface area contributed by atoms with Gasteiger partial charge in [-0.15, -0.1) is 0 Å². The average Bonchev–Trinajstić information content (AvgIpc) is 3.07. The van der Waals surface area contributed by atoms with Gasteiger partial charge < -0.3 is 4.57 Å². The third-order valence-corrected chi connectivity index (χ3v) is 7.56. The molecule has 3 aromatic carbocycles. The molecule has 0 saturated heterocycles. The topological polar surface area (TPSA) is 54.5 Å². The van der Waals surface area contributed by atoms with E-state index in [4.69, 9.17) is 0 Å². The Morgan fingerprint density at radius 1 is 0.593 bits per heavy atom. The predicted octanol–water partition coefficient (Wildman–Crippen LogP) is 2.76. The summed E-state index contributed by atoms with van der Waals surface area (Å²) in [5.41, 5.74) is 0.416. The Bertz CT molecular complexity index is 1030. The van der Waals surface area contributed by atoms with E-state index in [0.29, 0.717) is 21.6 Å². The van der Waals surface area contributed by atoms with Crippen LogP contribution in [0.1, 0.15) is 0 Å². The highest BCUT2D eigenvalue weighted by Crippen LogP contribution is 2.42. The Morgan fingerprint density at radius 2 is 1.07 bits per heavy atom. The summed E-state index contributed by atoms with van der Waals surface area (Å²) in [7, 11) is -3.15. The van der Waals surface area contributed by atoms with E-state index in [1.807, 2.05) is 60.7 Å². The first kappa shape index (κ1) is 17.2. The van der Waals surface area contributed by atoms with Gasteiger partial charge in [0, 0.05) is 28.1 Å². The molecule has 27 heavy (non-hydrogen) atoms. The number of amides is 2. The molecule has 0 aromatic heterocycles. The highest BCUT2D eigenvalue weighted by atomic mass is 31.2. The fourth-order valence-electron chi connectivity index (χ4n) is 3.21. The summed E-state index contributed by atoms with van der Waals surface area (Å²) in [6.07, 6.45) is 2.48. The quantitative estimate of drug-likeness (QED) is 0.522. The van der Waals surface area contributed by atoms with Crippen LogP contribution in [-0.4, -0.2) is 11.8 Å². The first-order chi connectivity index (χ1) is 13.1. The molecule has 3 aromatic rings. The predicted molar refractivity (Wildman–Crippen MR) is 107 cm³/mol. The van der Waals surface area contributed by atoms with Gasteiger partial charge in [-0.1, -0.05) is 72.8 Å². The van der Waals surface area contributed by atoms with Crippen molar-refractivity contribution in [1.82, 2.24) is 0 Å². The van der Waals surface area contributed by atoms with Crippen LogP contribution < -0.4 is 20.8 Å². The lowest BCUT2D eigenvalue weighted by atomic mass is 10.3. The zero-order chi connectivity index (χ0) is 18.9. The largest absolute Gasteiger partial charge is 0.309 e. The summed E-state index contributed by atoms with van der Waals surface area (Å²) in [5.74, 6) is -0.794. The van der Waals surface area contributed by atoms with Gasteiger partial charge in [0.25, 0.3) is 11.8 Å². The summed E-state index contributed by atoms with van der Waals surface area (Å²) >= 11 is 0. The van der Waals surface area contributed by atoms with E-state index in [1.54, 1.807) is 24.3 Å². The van der Waals surface area contributed by atoms with Crippen molar-refractivity contribution < 1.29 is 14.2 Å². The molecule has 0 radical (unpaired) electrons. The second kappa shape index (κ2) is 6.82. The van der Waals surface area contributed by atoms with Crippen molar-refractivity contribution in [2.45, 2.75) is 0 Å². The molecule has 1 aliphatic rings. The number of nitrogens with zero attached hydrogens (tertiary/aromatic N) is 1. The van der Waals surface area contributed by atoms with Crippen molar-refractivity contribution in [3.63, 3.8) is 0 Å². The molecule has 4 rings (SSSR count). The third-order valence-electron chi connectivity index (χ3n) is 4.50. The van der Waals surface area contributed by atoms with E-state index in [1.165, 1.54) is 12.2 Å². The maximum atomic E-state index is 14.3. The van der Waals surface area contributed by atoms with Crippen LogP contribution >= 0.6 is 7.14 Å². The van der Waals surface area contributed by atoms with Gasteiger partial charge in [-0.2, -0.15) is 0 Å². The number of carbonyl (C=O) groups is 2. The number of hydrogen-bond acceptors (Lipinski definition) is 3. The first-order valence-electron chi connectivity index (χ1n) is 8.49. The van der Waals surface area contributed by atoms with Crippen molar-refractivity contribution >= 4 is 40.6 Å². The van der Waals surface area contributed by atoms with Crippen molar-refractivity contribution in [2.24, 2.45) is 0 Å². The lowest BCUT2D eigenvalue weighted by molar-refractivity contribution is -0.119. The highest BCUT2D eigenvalue weighted by Gasteiger charge is 2.31. The minimum Gasteiger partial charge on any atom is -0.309 e. The van der Waals surface area contributed by atoms with Crippen LogP contribution in [0.2, 0.25) is 0 Å². The molecule has 4 nitrogen and oxygen atoms in total. The third kappa shape index (κ3) is 2.94. The highest BCUT2D eigenvalue weighted by molar-refractivity contribution is 7.85. The van der Waals surface area contributed by atoms with Gasteiger partial charge >= 0.3 is 0 Å². The summed E-state index contributed by atoms with van der Waals surface area (Å²) in [6, 6.07) is 25.4. The Kier molecular flexibility index (Phi) is 4.35. The van der Waals surface area contributed by atoms with E-state index in [-0.39, 0.29) is 0 Å². The zero-order valence-corrected chi connectivity index (χ0v) is 15.3. The van der Waals surface area contributed by atoms with E-state index in [2.05, 4.69) is 0 Å². The molecule has 0 atom stereocenters. The minimum absolute atomic E-state index is 0.397. The Balaban J connectivity index is 1.90. The number of carbonyl (C=O) groups excluding carboxylic acids is 2. The maximum absolute atomic E-state index is 14.3. The normalized spacial score (nSPS) is 14.0. The Labute approximate surface area is 157 Å². The van der Waals surface area contributed by atoms with Gasteiger partial charge in [0.05, 0.1) is 5.69 Å². The summed E-state index contributed by atoms with van der Waals surface area (Å²) < 4.78 is 14.3. The number of benzene rings is 3. The average molecular weight is 373 g/mol. The van der Waals surface area contributed by atoms with Gasteiger partial charge in [0.1, 0.15) is 0 Å². The van der Waals surface area contributed by atoms with E-state index >= 15 is 0 Å². The molecule has 132 valence electrons. The van der Waals surface area contributed by atoms with Crippen molar-refractivity contribution in [1.29, 1.82) is 0 Å². The maximum Gasteiger partial charge on any atom is 0.258 e. The molecule has 0 saturated carbocycles. The molecular weight excluding hydrogens is 357 g/mol. The molecule has 0 spiro atoms. The fraction of sp³-hybridized carbons (Fsp3) is 0. The summed E-state index contributed by atoms with van der Waals surface area (Å²) in [4.78, 5) is 25.2. The van der Waals surface area contributed by atoms with Crippen LogP contribution in [0.4, 0.5) is 5.69 Å². The lowest BCUT2D eigenvalue weighted by Crippen LogP contribution is -2.31. The minimum atomic E-state index is -3.15. The van der Waals surface area contributed by atoms with E-state index in [0.717, 1.165) is 4.90 Å². The van der Waals surface area contributed by atoms with Gasteiger partial charge in [0.15, 0.2) is 7.14 Å². The molecule has 0 fully saturated rings. The second-order valence-electron chi connectivity index (χ2n) is 6.15. The molecule has 1 aliphatic heterocycles. The van der Waals surface area contributed by atoms with Crippen LogP contribution in [0.25, 0.3) is 0 Å². The lowest BCUT2D eigenvalue weighted by Gasteiger charge is -2.22. The van der Waals surface area contributed by atoms with Crippen molar-refractivity contribution in [3.05, 3.63) is 97.1 Å². The van der Waals surface area contributed by atoms with Gasteiger partial charge in [-0.3, -0.25) is 9.59 Å². The molecular formula is C22H16NO3P. The molecule has 2 amide bonds. The molecule has 0 bridgehead atoms. The molecule has 0 unspecified atom stereocenters. The Morgan fingerprint density at radius 3 is 1.59 bits per heavy atom. The van der Waals surface area contributed by atoms with Crippen LogP contribution in [0.5, 0.6) is 0 Å². The van der Waals surface area contributed by atoms with Crippen LogP contribution in [0, 0.1) is 0 Å². The standard InChI is InChI=1S/C22H16NO3P/c24-21-14-15-22(25)23(21)17-8-7-13-20(16-17)27(26,18-9-3-1-4-10-18)19-11-5-2-6-12-19/h1-16H. The summed E-state index contributed by atoms with van der Waals surface area (Å²) in [6.45, 7) is 0.